The van der Waals surface area contributed by atoms with Gasteiger partial charge in [0.1, 0.15) is 24.4 Å². The second-order valence-electron chi connectivity index (χ2n) is 6.48. The molecule has 3 N–H and O–H groups in total. The number of fused-ring (bicyclic) bond motifs is 1. The first-order chi connectivity index (χ1) is 13.2. The molecule has 0 atom stereocenters. The number of anilines is 1. The minimum Gasteiger partial charge on any atom is -0.494 e. The third-order valence-electron chi connectivity index (χ3n) is 4.69. The standard InChI is InChI=1S/C20H27N3O4/c1-3-26-15-5-6-18-16(13-15)19(17(14-22-18)20(24)27-4-2)21-7-8-23-9-11-25-12-10-23/h5-6,13-14H,3-4,7-12H2,1-2H3,(H,21,22)/p+2. The fourth-order valence-electron chi connectivity index (χ4n) is 3.31. The van der Waals surface area contributed by atoms with Crippen LogP contribution in [0.2, 0.25) is 0 Å². The summed E-state index contributed by atoms with van der Waals surface area (Å²) in [4.78, 5) is 17.1. The summed E-state index contributed by atoms with van der Waals surface area (Å²) >= 11 is 0. The molecule has 0 aliphatic carbocycles. The lowest BCUT2D eigenvalue weighted by atomic mass is 10.1. The summed E-state index contributed by atoms with van der Waals surface area (Å²) in [7, 11) is 0. The van der Waals surface area contributed by atoms with Crippen molar-refractivity contribution < 1.29 is 28.9 Å². The monoisotopic (exact) mass is 375 g/mol. The molecule has 0 amide bonds. The summed E-state index contributed by atoms with van der Waals surface area (Å²) in [5.41, 5.74) is 2.24. The lowest BCUT2D eigenvalue weighted by molar-refractivity contribution is -0.906. The smallest absolute Gasteiger partial charge is 0.346 e. The molecule has 0 spiro atoms. The first kappa shape index (κ1) is 19.4. The van der Waals surface area contributed by atoms with E-state index in [2.05, 4.69) is 10.3 Å². The van der Waals surface area contributed by atoms with Crippen molar-refractivity contribution in [1.29, 1.82) is 0 Å². The SMILES string of the molecule is CCOC(=O)c1c[nH+]c2ccc(OCC)cc2c1NCC[NH+]1CCOCC1. The molecule has 1 aromatic heterocycles. The van der Waals surface area contributed by atoms with Gasteiger partial charge in [-0.05, 0) is 26.0 Å². The van der Waals surface area contributed by atoms with Crippen LogP contribution >= 0.6 is 0 Å². The molecule has 146 valence electrons. The van der Waals surface area contributed by atoms with E-state index >= 15 is 0 Å². The third-order valence-corrected chi connectivity index (χ3v) is 4.69. The maximum absolute atomic E-state index is 12.4. The molecule has 2 heterocycles. The number of aromatic nitrogens is 1. The van der Waals surface area contributed by atoms with E-state index < -0.39 is 0 Å². The van der Waals surface area contributed by atoms with Crippen molar-refractivity contribution in [2.75, 3.05) is 57.9 Å². The highest BCUT2D eigenvalue weighted by Gasteiger charge is 2.21. The predicted octanol–water partition coefficient (Wildman–Crippen LogP) is 0.556. The molecule has 2 aromatic rings. The van der Waals surface area contributed by atoms with Crippen molar-refractivity contribution in [3.05, 3.63) is 30.0 Å². The van der Waals surface area contributed by atoms with E-state index in [0.29, 0.717) is 18.8 Å². The van der Waals surface area contributed by atoms with Gasteiger partial charge in [0.05, 0.1) is 50.6 Å². The lowest BCUT2D eigenvalue weighted by Gasteiger charge is -2.24. The third kappa shape index (κ3) is 4.87. The molecule has 0 saturated carbocycles. The summed E-state index contributed by atoms with van der Waals surface area (Å²) in [6.07, 6.45) is 1.71. The van der Waals surface area contributed by atoms with Crippen molar-refractivity contribution in [2.24, 2.45) is 0 Å². The molecule has 1 aromatic carbocycles. The average molecular weight is 375 g/mol. The largest absolute Gasteiger partial charge is 0.494 e. The van der Waals surface area contributed by atoms with Crippen LogP contribution < -0.4 is 19.9 Å². The maximum atomic E-state index is 12.4. The van der Waals surface area contributed by atoms with Crippen LogP contribution in [0.15, 0.2) is 24.4 Å². The van der Waals surface area contributed by atoms with Crippen molar-refractivity contribution in [3.63, 3.8) is 0 Å². The first-order valence-corrected chi connectivity index (χ1v) is 9.66. The summed E-state index contributed by atoms with van der Waals surface area (Å²) < 4.78 is 16.3. The number of quaternary nitrogens is 1. The Labute approximate surface area is 159 Å². The van der Waals surface area contributed by atoms with Crippen molar-refractivity contribution in [1.82, 2.24) is 0 Å². The van der Waals surface area contributed by atoms with Crippen LogP contribution in [-0.4, -0.2) is 58.6 Å². The number of aromatic amines is 1. The topological polar surface area (TPSA) is 75.4 Å². The van der Waals surface area contributed by atoms with Gasteiger partial charge in [0, 0.05) is 6.07 Å². The van der Waals surface area contributed by atoms with Crippen LogP contribution in [0.3, 0.4) is 0 Å². The molecule has 27 heavy (non-hydrogen) atoms. The Morgan fingerprint density at radius 1 is 1.26 bits per heavy atom. The summed E-state index contributed by atoms with van der Waals surface area (Å²) in [6.45, 7) is 10.1. The fourth-order valence-corrected chi connectivity index (χ4v) is 3.31. The van der Waals surface area contributed by atoms with Crippen LogP contribution in [0.4, 0.5) is 5.69 Å². The molecule has 1 saturated heterocycles. The van der Waals surface area contributed by atoms with Gasteiger partial charge in [-0.3, -0.25) is 0 Å². The zero-order valence-corrected chi connectivity index (χ0v) is 16.1. The number of nitrogens with one attached hydrogen (secondary N) is 3. The van der Waals surface area contributed by atoms with Crippen LogP contribution in [0.25, 0.3) is 10.9 Å². The van der Waals surface area contributed by atoms with E-state index in [4.69, 9.17) is 14.2 Å². The highest BCUT2D eigenvalue weighted by Crippen LogP contribution is 2.28. The van der Waals surface area contributed by atoms with Gasteiger partial charge in [0.15, 0.2) is 6.20 Å². The summed E-state index contributed by atoms with van der Waals surface area (Å²) in [6, 6.07) is 5.85. The summed E-state index contributed by atoms with van der Waals surface area (Å²) in [5, 5.41) is 4.39. The zero-order valence-electron chi connectivity index (χ0n) is 16.1. The highest BCUT2D eigenvalue weighted by molar-refractivity contribution is 6.04. The van der Waals surface area contributed by atoms with Gasteiger partial charge in [-0.1, -0.05) is 0 Å². The average Bonchev–Trinajstić information content (AvgIpc) is 2.69. The minimum atomic E-state index is -0.335. The fraction of sp³-hybridized carbons (Fsp3) is 0.500. The van der Waals surface area contributed by atoms with Crippen LogP contribution in [0.5, 0.6) is 5.75 Å². The second-order valence-corrected chi connectivity index (χ2v) is 6.48. The Balaban J connectivity index is 1.87. The van der Waals surface area contributed by atoms with Gasteiger partial charge in [-0.2, -0.15) is 0 Å². The van der Waals surface area contributed by atoms with Gasteiger partial charge in [0.2, 0.25) is 5.52 Å². The van der Waals surface area contributed by atoms with Crippen molar-refractivity contribution in [3.8, 4) is 5.75 Å². The molecule has 1 aliphatic heterocycles. The van der Waals surface area contributed by atoms with Crippen LogP contribution in [0, 0.1) is 0 Å². The maximum Gasteiger partial charge on any atom is 0.346 e. The molecule has 0 radical (unpaired) electrons. The molecule has 1 fully saturated rings. The van der Waals surface area contributed by atoms with Gasteiger partial charge in [0.25, 0.3) is 0 Å². The van der Waals surface area contributed by atoms with Crippen LogP contribution in [0.1, 0.15) is 24.2 Å². The van der Waals surface area contributed by atoms with E-state index in [1.54, 1.807) is 6.20 Å². The van der Waals surface area contributed by atoms with E-state index in [1.165, 1.54) is 4.90 Å². The molecule has 7 heteroatoms. The van der Waals surface area contributed by atoms with E-state index in [0.717, 1.165) is 61.7 Å². The molecular weight excluding hydrogens is 346 g/mol. The van der Waals surface area contributed by atoms with Gasteiger partial charge < -0.3 is 24.4 Å². The number of pyridine rings is 1. The van der Waals surface area contributed by atoms with E-state index in [-0.39, 0.29) is 5.97 Å². The Bertz CT molecular complexity index is 775. The first-order valence-electron chi connectivity index (χ1n) is 9.66. The Morgan fingerprint density at radius 2 is 2.07 bits per heavy atom. The van der Waals surface area contributed by atoms with Gasteiger partial charge >= 0.3 is 5.97 Å². The number of esters is 1. The number of benzene rings is 1. The molecule has 3 rings (SSSR count). The number of morpholine rings is 1. The Hall–Kier alpha value is -2.38. The van der Waals surface area contributed by atoms with Crippen molar-refractivity contribution >= 4 is 22.6 Å². The van der Waals surface area contributed by atoms with E-state index in [1.807, 2.05) is 32.0 Å². The normalized spacial score (nSPS) is 14.9. The number of H-pyrrole nitrogens is 1. The summed E-state index contributed by atoms with van der Waals surface area (Å²) in [5.74, 6) is 0.444. The quantitative estimate of drug-likeness (QED) is 0.660. The molecule has 1 aliphatic rings. The van der Waals surface area contributed by atoms with Crippen LogP contribution in [-0.2, 0) is 9.47 Å². The highest BCUT2D eigenvalue weighted by atomic mass is 16.5. The molecule has 0 unspecified atom stereocenters. The number of rotatable bonds is 8. The van der Waals surface area contributed by atoms with E-state index in [9.17, 15) is 4.79 Å². The van der Waals surface area contributed by atoms with Gasteiger partial charge in [-0.25, -0.2) is 9.78 Å². The number of carbonyl (C=O) groups excluding carboxylic acids is 1. The number of hydrogen-bond acceptors (Lipinski definition) is 5. The molecule has 7 nitrogen and oxygen atoms in total. The number of hydrogen-bond donors (Lipinski definition) is 2. The number of carbonyl (C=O) groups is 1. The minimum absolute atomic E-state index is 0.335. The van der Waals surface area contributed by atoms with Gasteiger partial charge in [-0.15, -0.1) is 0 Å². The number of ether oxygens (including phenoxy) is 3. The Kier molecular flexibility index (Phi) is 6.84. The lowest BCUT2D eigenvalue weighted by Crippen LogP contribution is -3.14. The molecule has 0 bridgehead atoms. The predicted molar refractivity (Wildman–Crippen MR) is 103 cm³/mol. The van der Waals surface area contributed by atoms with Crippen molar-refractivity contribution in [2.45, 2.75) is 13.8 Å². The molecular formula is C20H29N3O4+2. The zero-order chi connectivity index (χ0) is 19.1. The Morgan fingerprint density at radius 3 is 2.81 bits per heavy atom. The second kappa shape index (κ2) is 9.53.